The molecule has 2 fully saturated rings. The van der Waals surface area contributed by atoms with Crippen molar-refractivity contribution in [3.8, 4) is 11.1 Å². The second-order valence-electron chi connectivity index (χ2n) is 16.9. The lowest BCUT2D eigenvalue weighted by Gasteiger charge is -2.35. The van der Waals surface area contributed by atoms with Gasteiger partial charge in [-0.2, -0.15) is 26.3 Å². The molecule has 0 saturated heterocycles. The van der Waals surface area contributed by atoms with Crippen molar-refractivity contribution in [2.75, 3.05) is 47.2 Å². The van der Waals surface area contributed by atoms with Crippen molar-refractivity contribution in [3.05, 3.63) is 99.6 Å². The first-order valence-corrected chi connectivity index (χ1v) is 21.6. The summed E-state index contributed by atoms with van der Waals surface area (Å²) in [5.41, 5.74) is 6.98. The maximum Gasteiger partial charge on any atom is 0.411 e. The summed E-state index contributed by atoms with van der Waals surface area (Å²) in [7, 11) is 5.08. The Bertz CT molecular complexity index is 2590. The third kappa shape index (κ3) is 11.6. The zero-order valence-corrected chi connectivity index (χ0v) is 37.0. The number of Topliss-reactive ketones (excluding diaryl/α,β-unsaturated/α-hetero) is 1. The van der Waals surface area contributed by atoms with Gasteiger partial charge in [0.1, 0.15) is 24.9 Å². The molecule has 350 valence electrons. The van der Waals surface area contributed by atoms with E-state index in [1.807, 2.05) is 57.7 Å². The van der Waals surface area contributed by atoms with Gasteiger partial charge in [0.15, 0.2) is 5.78 Å². The molecule has 0 spiro atoms. The molecule has 18 heteroatoms. The van der Waals surface area contributed by atoms with Gasteiger partial charge in [-0.3, -0.25) is 9.59 Å². The van der Waals surface area contributed by atoms with Crippen molar-refractivity contribution in [1.29, 1.82) is 0 Å². The molecule has 0 bridgehead atoms. The number of imidazole rings is 2. The number of carbonyl (C=O) groups excluding carboxylic acids is 1. The first-order valence-electron chi connectivity index (χ1n) is 21.6. The summed E-state index contributed by atoms with van der Waals surface area (Å²) in [6.07, 6.45) is -0.534. The molecular weight excluding hydrogens is 859 g/mol. The third-order valence-corrected chi connectivity index (χ3v) is 12.1. The Kier molecular flexibility index (Phi) is 14.7. The van der Waals surface area contributed by atoms with Gasteiger partial charge in [-0.25, -0.2) is 9.97 Å². The molecule has 3 heterocycles. The monoisotopic (exact) mass is 912 g/mol. The van der Waals surface area contributed by atoms with Crippen LogP contribution in [0, 0.1) is 6.92 Å². The van der Waals surface area contributed by atoms with E-state index >= 15 is 0 Å². The molecule has 0 radical (unpaired) electrons. The van der Waals surface area contributed by atoms with E-state index in [2.05, 4.69) is 5.32 Å². The fourth-order valence-electron chi connectivity index (χ4n) is 8.58. The molecule has 0 atom stereocenters. The number of nitrogens with zero attached hydrogens (tertiary/aromatic N) is 5. The second-order valence-corrected chi connectivity index (χ2v) is 16.9. The van der Waals surface area contributed by atoms with E-state index in [1.54, 1.807) is 40.5 Å². The molecule has 0 aliphatic heterocycles. The smallest absolute Gasteiger partial charge is 0.393 e. The standard InChI is InChI=1S/C47H54F6N6O6/c1-28-16-36(25-57(4)45(28)61)32-7-9-40-42(23-32)59(12-15-64-27-47(51,52)53)44(56-40)34-20-38(21-34)65-13-10-30(29(2)60)17-35(24-54-3)31-6-8-39-41(22-31)58(11-14-63-26-46(48,49)50)43(55-39)33-18-37(19-33)62-5/h6-9,16-17,22-25,33-34,37-38,54H,10-15,18-21,26-27H2,1-5H3/b30-17-,35-24+. The fraction of sp³-hybridized carbons (Fsp3) is 0.489. The van der Waals surface area contributed by atoms with E-state index in [1.165, 1.54) is 11.5 Å². The predicted octanol–water partition coefficient (Wildman–Crippen LogP) is 8.54. The normalized spacial score (nSPS) is 19.5. The highest BCUT2D eigenvalue weighted by molar-refractivity contribution is 5.97. The largest absolute Gasteiger partial charge is 0.411 e. The van der Waals surface area contributed by atoms with Crippen molar-refractivity contribution >= 4 is 33.4 Å². The lowest BCUT2D eigenvalue weighted by molar-refractivity contribution is -0.174. The number of methoxy groups -OCH3 is 1. The number of pyridine rings is 1. The van der Waals surface area contributed by atoms with Crippen molar-refractivity contribution in [2.24, 2.45) is 7.05 Å². The molecule has 2 saturated carbocycles. The van der Waals surface area contributed by atoms with Gasteiger partial charge < -0.3 is 38.0 Å². The summed E-state index contributed by atoms with van der Waals surface area (Å²) in [5.74, 6) is 1.41. The number of nitrogens with one attached hydrogen (secondary N) is 1. The Balaban J connectivity index is 1.04. The number of halogens is 6. The van der Waals surface area contributed by atoms with Crippen LogP contribution in [0.1, 0.15) is 73.6 Å². The number of aryl methyl sites for hydroxylation is 2. The SMILES string of the molecule is CN/C=C(\C=C(\CCOC1CC(c2nc3ccc(-c4cc(C)c(=O)n(C)c4)cc3n2CCOCC(F)(F)F)C1)C(C)=O)c1ccc2nc(C3CC(OC)C3)n(CCOCC(F)(F)F)c2c1. The molecule has 1 N–H and O–H groups in total. The maximum absolute atomic E-state index is 13.0. The van der Waals surface area contributed by atoms with Gasteiger partial charge in [-0.05, 0) is 110 Å². The number of benzene rings is 2. The number of allylic oxidation sites excluding steroid dienone is 2. The van der Waals surface area contributed by atoms with Crippen LogP contribution in [0.2, 0.25) is 0 Å². The van der Waals surface area contributed by atoms with Crippen LogP contribution in [0.4, 0.5) is 26.3 Å². The van der Waals surface area contributed by atoms with E-state index in [0.717, 1.165) is 52.2 Å². The van der Waals surface area contributed by atoms with E-state index in [9.17, 15) is 35.9 Å². The number of fused-ring (bicyclic) bond motifs is 2. The Labute approximate surface area is 372 Å². The molecule has 3 aromatic heterocycles. The highest BCUT2D eigenvalue weighted by Gasteiger charge is 2.36. The lowest BCUT2D eigenvalue weighted by Crippen LogP contribution is -2.32. The van der Waals surface area contributed by atoms with Crippen LogP contribution in [-0.2, 0) is 43.9 Å². The second kappa shape index (κ2) is 20.1. The third-order valence-electron chi connectivity index (χ3n) is 12.1. The van der Waals surface area contributed by atoms with Crippen LogP contribution in [0.25, 0.3) is 38.8 Å². The van der Waals surface area contributed by atoms with E-state index in [4.69, 9.17) is 28.9 Å². The molecule has 65 heavy (non-hydrogen) atoms. The van der Waals surface area contributed by atoms with Gasteiger partial charge in [0.2, 0.25) is 0 Å². The van der Waals surface area contributed by atoms with Gasteiger partial charge in [-0.1, -0.05) is 12.1 Å². The van der Waals surface area contributed by atoms with Gasteiger partial charge in [0.25, 0.3) is 5.56 Å². The van der Waals surface area contributed by atoms with E-state index < -0.39 is 25.6 Å². The summed E-state index contributed by atoms with van der Waals surface area (Å²) in [5, 5.41) is 3.06. The molecule has 2 aliphatic carbocycles. The summed E-state index contributed by atoms with van der Waals surface area (Å²) in [6.45, 7) is 0.795. The van der Waals surface area contributed by atoms with Crippen LogP contribution < -0.4 is 10.9 Å². The van der Waals surface area contributed by atoms with Gasteiger partial charge in [0.05, 0.1) is 54.1 Å². The number of hydrogen-bond donors (Lipinski definition) is 1. The molecule has 0 unspecified atom stereocenters. The molecule has 2 aromatic carbocycles. The fourth-order valence-corrected chi connectivity index (χ4v) is 8.58. The molecule has 7 rings (SSSR count). The average Bonchev–Trinajstić information content (AvgIpc) is 3.75. The van der Waals surface area contributed by atoms with Crippen molar-refractivity contribution in [3.63, 3.8) is 0 Å². The number of carbonyl (C=O) groups is 1. The minimum atomic E-state index is -4.45. The predicted molar refractivity (Wildman–Crippen MR) is 234 cm³/mol. The van der Waals surface area contributed by atoms with Gasteiger partial charge in [0, 0.05) is 64.1 Å². The van der Waals surface area contributed by atoms with Crippen molar-refractivity contribution < 1.29 is 50.1 Å². The number of ketones is 1. The quantitative estimate of drug-likeness (QED) is 0.0354. The van der Waals surface area contributed by atoms with E-state index in [0.29, 0.717) is 47.0 Å². The van der Waals surface area contributed by atoms with Crippen LogP contribution >= 0.6 is 0 Å². The Morgan fingerprint density at radius 1 is 0.815 bits per heavy atom. The van der Waals surface area contributed by atoms with Crippen LogP contribution in [0.15, 0.2) is 71.3 Å². The van der Waals surface area contributed by atoms with Crippen LogP contribution in [0.3, 0.4) is 0 Å². The number of aromatic nitrogens is 5. The zero-order valence-electron chi connectivity index (χ0n) is 37.0. The number of ether oxygens (including phenoxy) is 4. The van der Waals surface area contributed by atoms with Crippen LogP contribution in [-0.4, -0.2) is 101 Å². The minimum Gasteiger partial charge on any atom is -0.393 e. The number of alkyl halides is 6. The number of rotatable bonds is 20. The summed E-state index contributed by atoms with van der Waals surface area (Å²) >= 11 is 0. The van der Waals surface area contributed by atoms with Gasteiger partial charge in [-0.15, -0.1) is 0 Å². The highest BCUT2D eigenvalue weighted by Crippen LogP contribution is 2.41. The van der Waals surface area contributed by atoms with Crippen molar-refractivity contribution in [1.82, 2.24) is 29.0 Å². The first-order chi connectivity index (χ1) is 30.9. The van der Waals surface area contributed by atoms with Gasteiger partial charge >= 0.3 is 12.4 Å². The topological polar surface area (TPSA) is 124 Å². The summed E-state index contributed by atoms with van der Waals surface area (Å²) < 4.78 is 104. The Morgan fingerprint density at radius 2 is 1.38 bits per heavy atom. The Hall–Kier alpha value is -5.30. The highest BCUT2D eigenvalue weighted by atomic mass is 19.4. The first kappa shape index (κ1) is 47.7. The van der Waals surface area contributed by atoms with Crippen LogP contribution in [0.5, 0.6) is 0 Å². The average molecular weight is 913 g/mol. The molecular formula is C47H54F6N6O6. The Morgan fingerprint density at radius 3 is 1.92 bits per heavy atom. The summed E-state index contributed by atoms with van der Waals surface area (Å²) in [6, 6.07) is 13.2. The lowest BCUT2D eigenvalue weighted by atomic mass is 9.81. The molecule has 0 amide bonds. The molecule has 5 aromatic rings. The minimum absolute atomic E-state index is 0.0305. The molecule has 2 aliphatic rings. The van der Waals surface area contributed by atoms with Crippen molar-refractivity contribution in [2.45, 2.75) is 95.4 Å². The number of hydrogen-bond acceptors (Lipinski definition) is 9. The zero-order chi connectivity index (χ0) is 46.6. The molecule has 12 nitrogen and oxygen atoms in total. The van der Waals surface area contributed by atoms with E-state index in [-0.39, 0.29) is 68.3 Å². The maximum atomic E-state index is 13.0. The summed E-state index contributed by atoms with van der Waals surface area (Å²) in [4.78, 5) is 35.2.